The molecule has 1 atom stereocenters. The van der Waals surface area contributed by atoms with E-state index in [0.717, 1.165) is 21.4 Å². The zero-order chi connectivity index (χ0) is 12.7. The molecule has 5 nitrogen and oxygen atoms in total. The fourth-order valence-electron chi connectivity index (χ4n) is 2.04. The number of hydrogen-bond acceptors (Lipinski definition) is 3. The average Bonchev–Trinajstić information content (AvgIpc) is 2.76. The summed E-state index contributed by atoms with van der Waals surface area (Å²) in [5, 5.41) is 13.0. The number of nitrogens with zero attached hydrogens (tertiary/aromatic N) is 1. The van der Waals surface area contributed by atoms with E-state index in [2.05, 4.69) is 36.8 Å². The molecule has 3 rings (SSSR count). The molecule has 1 amide bonds. The zero-order valence-corrected chi connectivity index (χ0v) is 11.2. The second-order valence-electron chi connectivity index (χ2n) is 4.19. The summed E-state index contributed by atoms with van der Waals surface area (Å²) < 4.78 is 0.885. The van der Waals surface area contributed by atoms with Crippen LogP contribution in [0, 0.1) is 6.92 Å². The fraction of sp³-hybridized carbons (Fsp3) is 0.167. The standard InChI is InChI=1S/C12H11BrN4O/c1-6-9(5-14-17-6)11-15-10-3-2-7(13)4-8(10)12(18)16-11/h2-5,11,15H,1H3,(H,14,17)(H,16,18). The number of amides is 1. The SMILES string of the molecule is Cc1[nH]ncc1C1NC(=O)c2cc(Br)ccc2N1. The van der Waals surface area contributed by atoms with Crippen LogP contribution in [0.3, 0.4) is 0 Å². The minimum Gasteiger partial charge on any atom is -0.361 e. The van der Waals surface area contributed by atoms with Gasteiger partial charge in [0.05, 0.1) is 11.8 Å². The first kappa shape index (κ1) is 11.3. The molecule has 3 N–H and O–H groups in total. The van der Waals surface area contributed by atoms with E-state index in [-0.39, 0.29) is 12.1 Å². The Morgan fingerprint density at radius 1 is 1.33 bits per heavy atom. The summed E-state index contributed by atoms with van der Waals surface area (Å²) in [6.07, 6.45) is 1.47. The highest BCUT2D eigenvalue weighted by Gasteiger charge is 2.26. The van der Waals surface area contributed by atoms with Crippen LogP contribution in [0.1, 0.15) is 27.8 Å². The van der Waals surface area contributed by atoms with Gasteiger partial charge < -0.3 is 10.6 Å². The van der Waals surface area contributed by atoms with Crippen LogP contribution >= 0.6 is 15.9 Å². The molecule has 0 spiro atoms. The highest BCUT2D eigenvalue weighted by Crippen LogP contribution is 2.29. The summed E-state index contributed by atoms with van der Waals surface area (Å²) in [6, 6.07) is 5.60. The van der Waals surface area contributed by atoms with E-state index in [1.807, 2.05) is 19.1 Å². The molecule has 1 aromatic carbocycles. The molecule has 1 aliphatic rings. The van der Waals surface area contributed by atoms with Crippen molar-refractivity contribution in [1.82, 2.24) is 15.5 Å². The number of anilines is 1. The molecule has 18 heavy (non-hydrogen) atoms. The van der Waals surface area contributed by atoms with E-state index in [1.165, 1.54) is 0 Å². The number of halogens is 1. The van der Waals surface area contributed by atoms with Gasteiger partial charge in [0, 0.05) is 21.4 Å². The number of carbonyl (C=O) groups excluding carboxylic acids is 1. The molecule has 0 fully saturated rings. The molecular weight excluding hydrogens is 296 g/mol. The number of H-pyrrole nitrogens is 1. The quantitative estimate of drug-likeness (QED) is 0.757. The Hall–Kier alpha value is -1.82. The first-order chi connectivity index (χ1) is 8.65. The monoisotopic (exact) mass is 306 g/mol. The van der Waals surface area contributed by atoms with E-state index < -0.39 is 0 Å². The Bertz CT molecular complexity index is 622. The zero-order valence-electron chi connectivity index (χ0n) is 9.62. The van der Waals surface area contributed by atoms with E-state index in [4.69, 9.17) is 0 Å². The maximum Gasteiger partial charge on any atom is 0.255 e. The van der Waals surface area contributed by atoms with Gasteiger partial charge in [-0.05, 0) is 25.1 Å². The number of hydrogen-bond donors (Lipinski definition) is 3. The molecule has 0 saturated heterocycles. The number of aromatic amines is 1. The normalized spacial score (nSPS) is 17.9. The Balaban J connectivity index is 2.00. The van der Waals surface area contributed by atoms with Gasteiger partial charge in [-0.25, -0.2) is 0 Å². The summed E-state index contributed by atoms with van der Waals surface area (Å²) >= 11 is 3.36. The van der Waals surface area contributed by atoms with Gasteiger partial charge in [0.2, 0.25) is 0 Å². The number of benzene rings is 1. The highest BCUT2D eigenvalue weighted by atomic mass is 79.9. The summed E-state index contributed by atoms with van der Waals surface area (Å²) in [6.45, 7) is 1.92. The third-order valence-corrected chi connectivity index (χ3v) is 3.47. The van der Waals surface area contributed by atoms with Gasteiger partial charge >= 0.3 is 0 Å². The van der Waals surface area contributed by atoms with Crippen molar-refractivity contribution < 1.29 is 4.79 Å². The van der Waals surface area contributed by atoms with Crippen molar-refractivity contribution in [3.63, 3.8) is 0 Å². The predicted octanol–water partition coefficient (Wildman–Crippen LogP) is 2.33. The number of fused-ring (bicyclic) bond motifs is 1. The number of rotatable bonds is 1. The van der Waals surface area contributed by atoms with E-state index in [9.17, 15) is 4.79 Å². The number of aromatic nitrogens is 2. The van der Waals surface area contributed by atoms with Crippen molar-refractivity contribution in [3.8, 4) is 0 Å². The molecule has 1 unspecified atom stereocenters. The molecule has 0 bridgehead atoms. The van der Waals surface area contributed by atoms with Gasteiger partial charge in [-0.1, -0.05) is 15.9 Å². The van der Waals surface area contributed by atoms with Crippen LogP contribution in [-0.2, 0) is 0 Å². The fourth-order valence-corrected chi connectivity index (χ4v) is 2.40. The van der Waals surface area contributed by atoms with Crippen LogP contribution in [-0.4, -0.2) is 16.1 Å². The molecule has 1 aromatic heterocycles. The number of nitrogens with one attached hydrogen (secondary N) is 3. The average molecular weight is 307 g/mol. The first-order valence-corrected chi connectivity index (χ1v) is 6.31. The molecule has 0 aliphatic carbocycles. The van der Waals surface area contributed by atoms with E-state index in [1.54, 1.807) is 12.3 Å². The van der Waals surface area contributed by atoms with Crippen molar-refractivity contribution in [2.45, 2.75) is 13.1 Å². The Kier molecular flexibility index (Phi) is 2.59. The van der Waals surface area contributed by atoms with Gasteiger partial charge in [-0.2, -0.15) is 5.10 Å². The lowest BCUT2D eigenvalue weighted by molar-refractivity contribution is 0.0935. The molecule has 6 heteroatoms. The molecule has 1 aliphatic heterocycles. The van der Waals surface area contributed by atoms with Crippen LogP contribution < -0.4 is 10.6 Å². The molecular formula is C12H11BrN4O. The van der Waals surface area contributed by atoms with Crippen LogP contribution in [0.2, 0.25) is 0 Å². The Morgan fingerprint density at radius 3 is 2.89 bits per heavy atom. The third-order valence-electron chi connectivity index (χ3n) is 2.98. The molecule has 2 aromatic rings. The van der Waals surface area contributed by atoms with Crippen LogP contribution in [0.4, 0.5) is 5.69 Å². The summed E-state index contributed by atoms with van der Waals surface area (Å²) in [7, 11) is 0. The van der Waals surface area contributed by atoms with Crippen LogP contribution in [0.25, 0.3) is 0 Å². The van der Waals surface area contributed by atoms with Gasteiger partial charge in [0.25, 0.3) is 5.91 Å². The topological polar surface area (TPSA) is 69.8 Å². The largest absolute Gasteiger partial charge is 0.361 e. The second-order valence-corrected chi connectivity index (χ2v) is 5.11. The second kappa shape index (κ2) is 4.13. The van der Waals surface area contributed by atoms with Crippen LogP contribution in [0.15, 0.2) is 28.9 Å². The Morgan fingerprint density at radius 2 is 2.17 bits per heavy atom. The first-order valence-electron chi connectivity index (χ1n) is 5.52. The summed E-state index contributed by atoms with van der Waals surface area (Å²) in [5.74, 6) is -0.0874. The van der Waals surface area contributed by atoms with Crippen molar-refractivity contribution in [2.75, 3.05) is 5.32 Å². The molecule has 2 heterocycles. The predicted molar refractivity (Wildman–Crippen MR) is 71.3 cm³/mol. The van der Waals surface area contributed by atoms with E-state index in [0.29, 0.717) is 5.56 Å². The molecule has 0 saturated carbocycles. The van der Waals surface area contributed by atoms with Crippen molar-refractivity contribution in [3.05, 3.63) is 45.7 Å². The minimum atomic E-state index is -0.245. The van der Waals surface area contributed by atoms with Crippen LogP contribution in [0.5, 0.6) is 0 Å². The van der Waals surface area contributed by atoms with Gasteiger partial charge in [-0.3, -0.25) is 9.89 Å². The lowest BCUT2D eigenvalue weighted by Gasteiger charge is -2.27. The maximum absolute atomic E-state index is 12.1. The van der Waals surface area contributed by atoms with E-state index >= 15 is 0 Å². The Labute approximate surface area is 112 Å². The van der Waals surface area contributed by atoms with Crippen molar-refractivity contribution in [2.24, 2.45) is 0 Å². The minimum absolute atomic E-state index is 0.0874. The molecule has 0 radical (unpaired) electrons. The smallest absolute Gasteiger partial charge is 0.255 e. The highest BCUT2D eigenvalue weighted by molar-refractivity contribution is 9.10. The third kappa shape index (κ3) is 1.78. The summed E-state index contributed by atoms with van der Waals surface area (Å²) in [5.41, 5.74) is 3.35. The maximum atomic E-state index is 12.1. The van der Waals surface area contributed by atoms with Gasteiger partial charge in [0.15, 0.2) is 0 Å². The van der Waals surface area contributed by atoms with Crippen molar-refractivity contribution >= 4 is 27.5 Å². The lowest BCUT2D eigenvalue weighted by Crippen LogP contribution is -2.38. The van der Waals surface area contributed by atoms with Gasteiger partial charge in [-0.15, -0.1) is 0 Å². The molecule has 92 valence electrons. The lowest BCUT2D eigenvalue weighted by atomic mass is 10.1. The van der Waals surface area contributed by atoms with Gasteiger partial charge in [0.1, 0.15) is 6.17 Å². The number of carbonyl (C=O) groups is 1. The summed E-state index contributed by atoms with van der Waals surface area (Å²) in [4.78, 5) is 12.1. The van der Waals surface area contributed by atoms with Crippen molar-refractivity contribution in [1.29, 1.82) is 0 Å². The number of aryl methyl sites for hydroxylation is 1.